The smallest absolute Gasteiger partial charge is 0.273 e. The van der Waals surface area contributed by atoms with Gasteiger partial charge in [-0.2, -0.15) is 0 Å². The van der Waals surface area contributed by atoms with Gasteiger partial charge < -0.3 is 9.32 Å². The number of hydrogen-bond donors (Lipinski definition) is 0. The van der Waals surface area contributed by atoms with Gasteiger partial charge >= 0.3 is 0 Å². The maximum Gasteiger partial charge on any atom is 0.273 e. The Bertz CT molecular complexity index is 842. The molecule has 4 nitrogen and oxygen atoms in total. The molecular formula is C19H18N2O2S. The van der Waals surface area contributed by atoms with Crippen LogP contribution in [0, 0.1) is 0 Å². The molecule has 0 saturated carbocycles. The number of rotatable bonds is 2. The van der Waals surface area contributed by atoms with Gasteiger partial charge in [0.1, 0.15) is 11.5 Å². The fraction of sp³-hybridized carbons (Fsp3) is 0.263. The highest BCUT2D eigenvalue weighted by atomic mass is 32.2. The number of fused-ring (bicyclic) bond motifs is 1. The summed E-state index contributed by atoms with van der Waals surface area (Å²) < 4.78 is 5.53. The van der Waals surface area contributed by atoms with Crippen LogP contribution in [-0.2, 0) is 0 Å². The monoisotopic (exact) mass is 338 g/mol. The number of carbonyl (C=O) groups is 1. The maximum absolute atomic E-state index is 13.0. The van der Waals surface area contributed by atoms with Crippen LogP contribution in [0.2, 0.25) is 0 Å². The minimum absolute atomic E-state index is 0.0208. The van der Waals surface area contributed by atoms with Gasteiger partial charge in [0.25, 0.3) is 5.91 Å². The van der Waals surface area contributed by atoms with Gasteiger partial charge in [-0.25, -0.2) is 0 Å². The molecule has 1 fully saturated rings. The Hall–Kier alpha value is -2.27. The summed E-state index contributed by atoms with van der Waals surface area (Å²) in [6.45, 7) is 1.47. The minimum atomic E-state index is 0.0208. The lowest BCUT2D eigenvalue weighted by Crippen LogP contribution is -2.33. The highest BCUT2D eigenvalue weighted by Gasteiger charge is 2.25. The molecule has 1 unspecified atom stereocenters. The quantitative estimate of drug-likeness (QED) is 0.704. The Morgan fingerprint density at radius 3 is 2.96 bits per heavy atom. The molecule has 1 aromatic carbocycles. The van der Waals surface area contributed by atoms with E-state index in [2.05, 4.69) is 4.98 Å². The van der Waals surface area contributed by atoms with Crippen molar-refractivity contribution in [1.29, 1.82) is 0 Å². The number of carbonyl (C=O) groups excluding carboxylic acids is 1. The van der Waals surface area contributed by atoms with Crippen molar-refractivity contribution in [3.63, 3.8) is 0 Å². The first-order valence-electron chi connectivity index (χ1n) is 8.11. The Kier molecular flexibility index (Phi) is 4.26. The third-order valence-corrected chi connectivity index (χ3v) is 5.65. The van der Waals surface area contributed by atoms with E-state index in [1.807, 2.05) is 59.1 Å². The molecule has 1 atom stereocenters. The summed E-state index contributed by atoms with van der Waals surface area (Å²) in [6, 6.07) is 13.8. The van der Waals surface area contributed by atoms with Crippen molar-refractivity contribution in [2.24, 2.45) is 0 Å². The predicted octanol–water partition coefficient (Wildman–Crippen LogP) is 4.15. The average Bonchev–Trinajstić information content (AvgIpc) is 3.05. The Labute approximate surface area is 144 Å². The number of furan rings is 1. The maximum atomic E-state index is 13.0. The molecule has 1 aliphatic heterocycles. The Balaban J connectivity index is 1.56. The minimum Gasteiger partial charge on any atom is -0.468 e. The van der Waals surface area contributed by atoms with Crippen LogP contribution in [0.3, 0.4) is 0 Å². The molecule has 0 N–H and O–H groups in total. The van der Waals surface area contributed by atoms with Crippen molar-refractivity contribution < 1.29 is 9.21 Å². The van der Waals surface area contributed by atoms with E-state index in [9.17, 15) is 4.79 Å². The number of nitrogens with zero attached hydrogens (tertiary/aromatic N) is 2. The van der Waals surface area contributed by atoms with Gasteiger partial charge in [-0.3, -0.25) is 9.78 Å². The molecule has 3 heterocycles. The molecule has 1 amide bonds. The van der Waals surface area contributed by atoms with Crippen LogP contribution in [0.15, 0.2) is 59.3 Å². The highest BCUT2D eigenvalue weighted by molar-refractivity contribution is 7.99. The van der Waals surface area contributed by atoms with Gasteiger partial charge in [0.15, 0.2) is 0 Å². The average molecular weight is 338 g/mol. The van der Waals surface area contributed by atoms with E-state index < -0.39 is 0 Å². The number of aromatic nitrogens is 1. The Morgan fingerprint density at radius 1 is 1.17 bits per heavy atom. The lowest BCUT2D eigenvalue weighted by atomic mass is 10.1. The summed E-state index contributed by atoms with van der Waals surface area (Å²) in [6.07, 6.45) is 4.33. The zero-order valence-electron chi connectivity index (χ0n) is 13.2. The fourth-order valence-electron chi connectivity index (χ4n) is 3.12. The zero-order chi connectivity index (χ0) is 16.4. The van der Waals surface area contributed by atoms with E-state index in [1.54, 1.807) is 12.5 Å². The van der Waals surface area contributed by atoms with Crippen molar-refractivity contribution >= 4 is 28.4 Å². The lowest BCUT2D eigenvalue weighted by molar-refractivity contribution is 0.0762. The number of thioether (sulfide) groups is 1. The third-order valence-electron chi connectivity index (χ3n) is 4.37. The van der Waals surface area contributed by atoms with Crippen LogP contribution in [0.4, 0.5) is 0 Å². The molecule has 4 rings (SSSR count). The number of hydrogen-bond acceptors (Lipinski definition) is 4. The molecule has 122 valence electrons. The molecule has 2 aromatic heterocycles. The van der Waals surface area contributed by atoms with Gasteiger partial charge in [0, 0.05) is 30.4 Å². The van der Waals surface area contributed by atoms with Crippen LogP contribution >= 0.6 is 11.8 Å². The predicted molar refractivity (Wildman–Crippen MR) is 96.2 cm³/mol. The second kappa shape index (κ2) is 6.69. The van der Waals surface area contributed by atoms with Crippen molar-refractivity contribution in [2.75, 3.05) is 18.8 Å². The summed E-state index contributed by atoms with van der Waals surface area (Å²) in [4.78, 5) is 19.3. The van der Waals surface area contributed by atoms with Gasteiger partial charge in [0.05, 0.1) is 11.5 Å². The van der Waals surface area contributed by atoms with E-state index in [0.717, 1.165) is 41.8 Å². The fourth-order valence-corrected chi connectivity index (χ4v) is 4.30. The lowest BCUT2D eigenvalue weighted by Gasteiger charge is -2.20. The van der Waals surface area contributed by atoms with Crippen molar-refractivity contribution in [1.82, 2.24) is 9.88 Å². The molecule has 5 heteroatoms. The topological polar surface area (TPSA) is 46.3 Å². The van der Waals surface area contributed by atoms with Crippen molar-refractivity contribution in [3.8, 4) is 0 Å². The van der Waals surface area contributed by atoms with Crippen LogP contribution in [0.1, 0.15) is 27.9 Å². The molecule has 1 saturated heterocycles. The van der Waals surface area contributed by atoms with Gasteiger partial charge in [0.2, 0.25) is 0 Å². The summed E-state index contributed by atoms with van der Waals surface area (Å²) in [5.74, 6) is 1.92. The van der Waals surface area contributed by atoms with Gasteiger partial charge in [-0.05, 0) is 30.0 Å². The van der Waals surface area contributed by atoms with Gasteiger partial charge in [-0.1, -0.05) is 24.3 Å². The molecule has 3 aromatic rings. The van der Waals surface area contributed by atoms with Crippen molar-refractivity contribution in [2.45, 2.75) is 11.7 Å². The summed E-state index contributed by atoms with van der Waals surface area (Å²) in [5.41, 5.74) is 0.551. The molecule has 0 radical (unpaired) electrons. The largest absolute Gasteiger partial charge is 0.468 e. The first-order valence-corrected chi connectivity index (χ1v) is 9.16. The number of benzene rings is 1. The standard InChI is InChI=1S/C19H18N2O2S/c22-19(18-15-5-2-1-4-14(15)7-9-20-18)21-10-8-17(24-13-11-21)16-6-3-12-23-16/h1-7,9,12,17H,8,10-11,13H2. The zero-order valence-corrected chi connectivity index (χ0v) is 14.0. The third kappa shape index (κ3) is 2.91. The van der Waals surface area contributed by atoms with Crippen LogP contribution in [0.25, 0.3) is 10.8 Å². The van der Waals surface area contributed by atoms with Crippen LogP contribution in [0.5, 0.6) is 0 Å². The normalized spacial score (nSPS) is 18.5. The van der Waals surface area contributed by atoms with Crippen molar-refractivity contribution in [3.05, 3.63) is 66.4 Å². The highest BCUT2D eigenvalue weighted by Crippen LogP contribution is 2.34. The second-order valence-electron chi connectivity index (χ2n) is 5.84. The first-order chi connectivity index (χ1) is 11.8. The van der Waals surface area contributed by atoms with E-state index in [-0.39, 0.29) is 5.91 Å². The Morgan fingerprint density at radius 2 is 2.08 bits per heavy atom. The number of amides is 1. The molecule has 0 aliphatic carbocycles. The van der Waals surface area contributed by atoms with Gasteiger partial charge in [-0.15, -0.1) is 11.8 Å². The second-order valence-corrected chi connectivity index (χ2v) is 7.15. The molecule has 0 bridgehead atoms. The van der Waals surface area contributed by atoms with Crippen LogP contribution in [-0.4, -0.2) is 34.6 Å². The molecule has 24 heavy (non-hydrogen) atoms. The first kappa shape index (κ1) is 15.3. The molecule has 0 spiro atoms. The van der Waals surface area contributed by atoms with E-state index in [1.165, 1.54) is 0 Å². The van der Waals surface area contributed by atoms with Crippen LogP contribution < -0.4 is 0 Å². The summed E-state index contributed by atoms with van der Waals surface area (Å²) >= 11 is 1.85. The summed E-state index contributed by atoms with van der Waals surface area (Å²) in [5, 5.41) is 2.29. The SMILES string of the molecule is O=C(c1nccc2ccccc12)N1CCSC(c2ccco2)CC1. The molecular weight excluding hydrogens is 320 g/mol. The number of pyridine rings is 1. The van der Waals surface area contributed by atoms with E-state index in [0.29, 0.717) is 10.9 Å². The van der Waals surface area contributed by atoms with E-state index in [4.69, 9.17) is 4.42 Å². The molecule has 1 aliphatic rings. The van der Waals surface area contributed by atoms with E-state index >= 15 is 0 Å². The summed E-state index contributed by atoms with van der Waals surface area (Å²) in [7, 11) is 0.